The number of rotatable bonds is 6. The largest absolute Gasteiger partial charge is 0.293 e. The number of carbonyl (C=O) groups excluding carboxylic acids is 1. The van der Waals surface area contributed by atoms with Crippen molar-refractivity contribution in [3.8, 4) is 0 Å². The predicted octanol–water partition coefficient (Wildman–Crippen LogP) is 4.08. The van der Waals surface area contributed by atoms with Gasteiger partial charge in [-0.25, -0.2) is 4.39 Å². The lowest BCUT2D eigenvalue weighted by Crippen LogP contribution is -2.39. The molecule has 112 valence electrons. The number of hydrogen-bond acceptors (Lipinski definition) is 2. The van der Waals surface area contributed by atoms with Crippen LogP contribution in [0.25, 0.3) is 0 Å². The Balaban J connectivity index is 0.00000200. The predicted molar refractivity (Wildman–Crippen MR) is 82.1 cm³/mol. The van der Waals surface area contributed by atoms with Crippen molar-refractivity contribution in [1.29, 1.82) is 0 Å². The van der Waals surface area contributed by atoms with E-state index in [9.17, 15) is 9.18 Å². The Morgan fingerprint density at radius 3 is 2.65 bits per heavy atom. The minimum Gasteiger partial charge on any atom is -0.293 e. The van der Waals surface area contributed by atoms with Gasteiger partial charge in [0.05, 0.1) is 6.04 Å². The van der Waals surface area contributed by atoms with Crippen LogP contribution < -0.4 is 0 Å². The molecule has 0 spiro atoms. The van der Waals surface area contributed by atoms with Crippen molar-refractivity contribution in [2.75, 3.05) is 13.1 Å². The molecule has 0 saturated carbocycles. The summed E-state index contributed by atoms with van der Waals surface area (Å²) in [5, 5.41) is 0. The standard InChI is InChI=1S/C16H22FNO.ClH/c1-2-3-9-15(18-10-4-5-11-18)16(19)13-7-6-8-14(17)12-13;/h6-8,12,15H,2-5,9-11H2,1H3;1H. The van der Waals surface area contributed by atoms with Gasteiger partial charge < -0.3 is 0 Å². The highest BCUT2D eigenvalue weighted by Gasteiger charge is 2.28. The molecule has 0 amide bonds. The van der Waals surface area contributed by atoms with E-state index >= 15 is 0 Å². The quantitative estimate of drug-likeness (QED) is 0.738. The van der Waals surface area contributed by atoms with E-state index in [1.54, 1.807) is 12.1 Å². The summed E-state index contributed by atoms with van der Waals surface area (Å²) in [6.45, 7) is 4.12. The fourth-order valence-corrected chi connectivity index (χ4v) is 2.76. The van der Waals surface area contributed by atoms with Crippen LogP contribution in [0.4, 0.5) is 4.39 Å². The highest BCUT2D eigenvalue weighted by molar-refractivity contribution is 6.00. The Kier molecular flexibility index (Phi) is 7.17. The minimum atomic E-state index is -0.332. The molecule has 4 heteroatoms. The Hall–Kier alpha value is -0.930. The second-order valence-electron chi connectivity index (χ2n) is 5.28. The van der Waals surface area contributed by atoms with Crippen molar-refractivity contribution >= 4 is 18.2 Å². The van der Waals surface area contributed by atoms with Gasteiger partial charge >= 0.3 is 0 Å². The van der Waals surface area contributed by atoms with E-state index in [2.05, 4.69) is 11.8 Å². The van der Waals surface area contributed by atoms with Crippen molar-refractivity contribution in [3.05, 3.63) is 35.6 Å². The summed E-state index contributed by atoms with van der Waals surface area (Å²) < 4.78 is 13.3. The van der Waals surface area contributed by atoms with Gasteiger partial charge in [0.1, 0.15) is 5.82 Å². The molecule has 0 aliphatic carbocycles. The summed E-state index contributed by atoms with van der Waals surface area (Å²) in [4.78, 5) is 14.8. The molecular weight excluding hydrogens is 277 g/mol. The first-order chi connectivity index (χ1) is 9.22. The SMILES string of the molecule is CCCCC(C(=O)c1cccc(F)c1)N1CCCC1.Cl. The number of likely N-dealkylation sites (tertiary alicyclic amines) is 1. The van der Waals surface area contributed by atoms with Gasteiger partial charge in [-0.15, -0.1) is 12.4 Å². The Morgan fingerprint density at radius 2 is 2.05 bits per heavy atom. The van der Waals surface area contributed by atoms with Crippen LogP contribution in [0.1, 0.15) is 49.4 Å². The third-order valence-electron chi connectivity index (χ3n) is 3.82. The Labute approximate surface area is 126 Å². The molecule has 0 aromatic heterocycles. The van der Waals surface area contributed by atoms with Crippen LogP contribution in [0.15, 0.2) is 24.3 Å². The molecule has 1 aliphatic rings. The smallest absolute Gasteiger partial charge is 0.180 e. The van der Waals surface area contributed by atoms with Crippen LogP contribution in [0.3, 0.4) is 0 Å². The number of benzene rings is 1. The summed E-state index contributed by atoms with van der Waals surface area (Å²) in [7, 11) is 0. The highest BCUT2D eigenvalue weighted by atomic mass is 35.5. The number of carbonyl (C=O) groups is 1. The Bertz CT molecular complexity index is 432. The third-order valence-corrected chi connectivity index (χ3v) is 3.82. The lowest BCUT2D eigenvalue weighted by atomic mass is 9.98. The van der Waals surface area contributed by atoms with Gasteiger partial charge in [-0.2, -0.15) is 0 Å². The summed E-state index contributed by atoms with van der Waals surface area (Å²) in [6.07, 6.45) is 5.34. The van der Waals surface area contributed by atoms with Crippen molar-refractivity contribution in [3.63, 3.8) is 0 Å². The number of halogens is 2. The van der Waals surface area contributed by atoms with Gasteiger partial charge in [-0.3, -0.25) is 9.69 Å². The molecular formula is C16H23ClFNO. The molecule has 0 bridgehead atoms. The molecule has 1 aromatic rings. The zero-order chi connectivity index (χ0) is 13.7. The number of ketones is 1. The van der Waals surface area contributed by atoms with Gasteiger partial charge in [0.15, 0.2) is 5.78 Å². The molecule has 1 aliphatic heterocycles. The van der Waals surface area contributed by atoms with E-state index in [0.29, 0.717) is 5.56 Å². The van der Waals surface area contributed by atoms with Crippen molar-refractivity contribution in [1.82, 2.24) is 4.90 Å². The zero-order valence-electron chi connectivity index (χ0n) is 12.0. The first kappa shape index (κ1) is 17.1. The molecule has 20 heavy (non-hydrogen) atoms. The fourth-order valence-electron chi connectivity index (χ4n) is 2.76. The van der Waals surface area contributed by atoms with E-state index in [4.69, 9.17) is 0 Å². The first-order valence-electron chi connectivity index (χ1n) is 7.26. The van der Waals surface area contributed by atoms with Crippen LogP contribution in [0.2, 0.25) is 0 Å². The van der Waals surface area contributed by atoms with E-state index < -0.39 is 0 Å². The third kappa shape index (κ3) is 4.29. The van der Waals surface area contributed by atoms with Gasteiger partial charge in [0, 0.05) is 5.56 Å². The first-order valence-corrected chi connectivity index (χ1v) is 7.26. The zero-order valence-corrected chi connectivity index (χ0v) is 12.8. The minimum absolute atomic E-state index is 0. The number of hydrogen-bond donors (Lipinski definition) is 0. The van der Waals surface area contributed by atoms with Crippen LogP contribution in [-0.4, -0.2) is 29.8 Å². The number of nitrogens with zero attached hydrogens (tertiary/aromatic N) is 1. The van der Waals surface area contributed by atoms with Crippen molar-refractivity contribution < 1.29 is 9.18 Å². The maximum absolute atomic E-state index is 13.3. The average molecular weight is 300 g/mol. The van der Waals surface area contributed by atoms with Gasteiger partial charge in [-0.1, -0.05) is 31.9 Å². The number of Topliss-reactive ketones (excluding diaryl/α,β-unsaturated/α-hetero) is 1. The maximum atomic E-state index is 13.3. The van der Waals surface area contributed by atoms with Gasteiger partial charge in [0.2, 0.25) is 0 Å². The molecule has 1 fully saturated rings. The summed E-state index contributed by atoms with van der Waals surface area (Å²) in [6, 6.07) is 6.01. The lowest BCUT2D eigenvalue weighted by Gasteiger charge is -2.26. The van der Waals surface area contributed by atoms with E-state index in [1.807, 2.05) is 0 Å². The molecule has 1 aromatic carbocycles. The molecule has 1 unspecified atom stereocenters. The molecule has 1 saturated heterocycles. The molecule has 0 N–H and O–H groups in total. The maximum Gasteiger partial charge on any atom is 0.180 e. The molecule has 0 radical (unpaired) electrons. The van der Waals surface area contributed by atoms with Crippen LogP contribution in [0, 0.1) is 5.82 Å². The number of unbranched alkanes of at least 4 members (excludes halogenated alkanes) is 1. The van der Waals surface area contributed by atoms with Gasteiger partial charge in [-0.05, 0) is 44.5 Å². The fraction of sp³-hybridized carbons (Fsp3) is 0.562. The topological polar surface area (TPSA) is 20.3 Å². The van der Waals surface area contributed by atoms with E-state index in [1.165, 1.54) is 25.0 Å². The van der Waals surface area contributed by atoms with Crippen molar-refractivity contribution in [2.24, 2.45) is 0 Å². The van der Waals surface area contributed by atoms with E-state index in [-0.39, 0.29) is 30.0 Å². The second kappa shape index (κ2) is 8.38. The highest BCUT2D eigenvalue weighted by Crippen LogP contribution is 2.20. The Morgan fingerprint density at radius 1 is 1.35 bits per heavy atom. The lowest BCUT2D eigenvalue weighted by molar-refractivity contribution is 0.0835. The van der Waals surface area contributed by atoms with Crippen LogP contribution in [0.5, 0.6) is 0 Å². The molecule has 2 nitrogen and oxygen atoms in total. The van der Waals surface area contributed by atoms with E-state index in [0.717, 1.165) is 32.4 Å². The molecule has 2 rings (SSSR count). The average Bonchev–Trinajstić information content (AvgIpc) is 2.93. The summed E-state index contributed by atoms with van der Waals surface area (Å²) >= 11 is 0. The van der Waals surface area contributed by atoms with Crippen LogP contribution in [-0.2, 0) is 0 Å². The van der Waals surface area contributed by atoms with Crippen LogP contribution >= 0.6 is 12.4 Å². The second-order valence-corrected chi connectivity index (χ2v) is 5.28. The van der Waals surface area contributed by atoms with Crippen molar-refractivity contribution in [2.45, 2.75) is 45.1 Å². The summed E-state index contributed by atoms with van der Waals surface area (Å²) in [5.41, 5.74) is 0.507. The van der Waals surface area contributed by atoms with Gasteiger partial charge in [0.25, 0.3) is 0 Å². The normalized spacial score (nSPS) is 16.7. The summed E-state index contributed by atoms with van der Waals surface area (Å²) in [5.74, 6) is -0.253. The monoisotopic (exact) mass is 299 g/mol. The molecule has 1 atom stereocenters. The molecule has 1 heterocycles.